The van der Waals surface area contributed by atoms with Crippen LogP contribution in [0.2, 0.25) is 0 Å². The smallest absolute Gasteiger partial charge is 0.251 e. The number of methoxy groups -OCH3 is 1. The average molecular weight is 551 g/mol. The summed E-state index contributed by atoms with van der Waals surface area (Å²) in [6.45, 7) is 6.56. The summed E-state index contributed by atoms with van der Waals surface area (Å²) in [5.74, 6) is -0.0897. The minimum atomic E-state index is -1.04. The number of fused-ring (bicyclic) bond motifs is 1. The summed E-state index contributed by atoms with van der Waals surface area (Å²) in [5.41, 5.74) is 5.98. The van der Waals surface area contributed by atoms with E-state index in [-0.39, 0.29) is 36.0 Å². The zero-order valence-electron chi connectivity index (χ0n) is 23.9. The number of carbonyl (C=O) groups excluding carboxylic acids is 2. The molecule has 40 heavy (non-hydrogen) atoms. The van der Waals surface area contributed by atoms with Gasteiger partial charge in [-0.3, -0.25) is 14.5 Å². The molecule has 1 aromatic rings. The number of aliphatic imine (C=N–C) groups is 1. The maximum Gasteiger partial charge on any atom is 0.251 e. The summed E-state index contributed by atoms with van der Waals surface area (Å²) in [7, 11) is 1.59. The third-order valence-electron chi connectivity index (χ3n) is 8.48. The van der Waals surface area contributed by atoms with E-state index in [0.717, 1.165) is 0 Å². The molecule has 0 aromatic heterocycles. The van der Waals surface area contributed by atoms with Crippen LogP contribution in [0.5, 0.6) is 0 Å². The van der Waals surface area contributed by atoms with Gasteiger partial charge in [0.1, 0.15) is 6.61 Å². The fourth-order valence-electron chi connectivity index (χ4n) is 6.05. The van der Waals surface area contributed by atoms with Crippen LogP contribution in [-0.2, 0) is 14.3 Å². The minimum Gasteiger partial charge on any atom is -0.499 e. The van der Waals surface area contributed by atoms with E-state index in [0.29, 0.717) is 43.6 Å². The monoisotopic (exact) mass is 550 g/mol. The Morgan fingerprint density at radius 1 is 1.27 bits per heavy atom. The molecule has 1 aliphatic heterocycles. The SMILES string of the molecule is CCC1(CC)CC(=O)N(C(/C=C/OCCOC)c2cccc(C(=O)NC3C4C=CC=CC4CC3(C)O)c2)C(N)=N1. The van der Waals surface area contributed by atoms with Gasteiger partial charge in [0.05, 0.1) is 42.5 Å². The number of benzene rings is 1. The van der Waals surface area contributed by atoms with Crippen molar-refractivity contribution in [3.63, 3.8) is 0 Å². The van der Waals surface area contributed by atoms with Gasteiger partial charge in [-0.1, -0.05) is 50.3 Å². The first-order chi connectivity index (χ1) is 19.1. The van der Waals surface area contributed by atoms with Crippen LogP contribution in [0.3, 0.4) is 0 Å². The fourth-order valence-corrected chi connectivity index (χ4v) is 6.05. The molecule has 1 heterocycles. The molecule has 0 bridgehead atoms. The molecule has 1 saturated carbocycles. The number of nitrogens with one attached hydrogen (secondary N) is 1. The number of nitrogens with zero attached hydrogens (tertiary/aromatic N) is 2. The zero-order chi connectivity index (χ0) is 28.9. The Morgan fingerprint density at radius 2 is 2.02 bits per heavy atom. The van der Waals surface area contributed by atoms with Crippen LogP contribution in [0, 0.1) is 11.8 Å². The number of hydrogen-bond acceptors (Lipinski definition) is 7. The molecule has 2 aliphatic carbocycles. The van der Waals surface area contributed by atoms with Crippen molar-refractivity contribution < 1.29 is 24.2 Å². The number of hydrogen-bond donors (Lipinski definition) is 3. The summed E-state index contributed by atoms with van der Waals surface area (Å²) >= 11 is 0. The van der Waals surface area contributed by atoms with Crippen molar-refractivity contribution in [2.45, 2.75) is 69.7 Å². The van der Waals surface area contributed by atoms with Gasteiger partial charge in [0, 0.05) is 18.6 Å². The van der Waals surface area contributed by atoms with Gasteiger partial charge in [-0.2, -0.15) is 0 Å². The molecular formula is C31H42N4O5. The van der Waals surface area contributed by atoms with E-state index >= 15 is 0 Å². The highest BCUT2D eigenvalue weighted by Gasteiger charge is 2.49. The van der Waals surface area contributed by atoms with Crippen LogP contribution in [0.15, 0.2) is 65.9 Å². The van der Waals surface area contributed by atoms with Gasteiger partial charge < -0.3 is 25.6 Å². The predicted octanol–water partition coefficient (Wildman–Crippen LogP) is 3.62. The van der Waals surface area contributed by atoms with Crippen molar-refractivity contribution in [3.8, 4) is 0 Å². The number of nitrogens with two attached hydrogens (primary N) is 1. The van der Waals surface area contributed by atoms with Crippen LogP contribution in [-0.4, -0.2) is 65.3 Å². The van der Waals surface area contributed by atoms with Crippen molar-refractivity contribution in [1.82, 2.24) is 10.2 Å². The molecule has 0 spiro atoms. The largest absolute Gasteiger partial charge is 0.499 e. The summed E-state index contributed by atoms with van der Waals surface area (Å²) in [5, 5.41) is 14.2. The molecule has 0 radical (unpaired) electrons. The zero-order valence-corrected chi connectivity index (χ0v) is 23.9. The number of carbonyl (C=O) groups is 2. The Bertz CT molecular complexity index is 1200. The Balaban J connectivity index is 1.62. The van der Waals surface area contributed by atoms with E-state index in [2.05, 4.69) is 17.5 Å². The molecule has 1 aromatic carbocycles. The van der Waals surface area contributed by atoms with Crippen molar-refractivity contribution in [1.29, 1.82) is 0 Å². The van der Waals surface area contributed by atoms with E-state index in [4.69, 9.17) is 20.2 Å². The maximum absolute atomic E-state index is 13.5. The molecule has 4 rings (SSSR count). The first-order valence-corrected chi connectivity index (χ1v) is 14.1. The Hall–Kier alpha value is -3.43. The Morgan fingerprint density at radius 3 is 2.73 bits per heavy atom. The second-order valence-electron chi connectivity index (χ2n) is 11.1. The van der Waals surface area contributed by atoms with E-state index in [1.807, 2.05) is 32.1 Å². The third-order valence-corrected chi connectivity index (χ3v) is 8.48. The molecule has 5 atom stereocenters. The van der Waals surface area contributed by atoms with Gasteiger partial charge >= 0.3 is 0 Å². The van der Waals surface area contributed by atoms with Crippen LogP contribution in [0.4, 0.5) is 0 Å². The third kappa shape index (κ3) is 6.15. The number of aliphatic hydroxyl groups is 1. The summed E-state index contributed by atoms with van der Waals surface area (Å²) in [6.07, 6.45) is 13.6. The van der Waals surface area contributed by atoms with Crippen molar-refractivity contribution in [2.24, 2.45) is 22.6 Å². The van der Waals surface area contributed by atoms with Crippen molar-refractivity contribution >= 4 is 17.8 Å². The quantitative estimate of drug-likeness (QED) is 0.285. The fraction of sp³-hybridized carbons (Fsp3) is 0.516. The molecule has 9 heteroatoms. The van der Waals surface area contributed by atoms with E-state index < -0.39 is 23.2 Å². The second kappa shape index (κ2) is 12.4. The van der Waals surface area contributed by atoms with E-state index in [1.165, 1.54) is 11.2 Å². The number of guanidine groups is 1. The van der Waals surface area contributed by atoms with Gasteiger partial charge in [0.2, 0.25) is 5.91 Å². The Kier molecular flexibility index (Phi) is 9.15. The van der Waals surface area contributed by atoms with Gasteiger partial charge in [-0.25, -0.2) is 4.99 Å². The minimum absolute atomic E-state index is 0.0199. The summed E-state index contributed by atoms with van der Waals surface area (Å²) < 4.78 is 10.6. The van der Waals surface area contributed by atoms with Crippen LogP contribution < -0.4 is 11.1 Å². The standard InChI is InChI=1S/C31H42N4O5/c1-5-31(6-2)20-26(36)35(29(32)34-31)25(14-15-40-17-16-39-4)21-11-9-12-22(18-21)28(37)33-27-24-13-8-7-10-23(24)19-30(27,3)38/h7-15,18,23-25,27,38H,5-6,16-17,19-20H2,1-4H3,(H2,32,34)(H,33,37)/b15-14+. The first kappa shape index (κ1) is 29.6. The number of ether oxygens (including phenoxy) is 2. The van der Waals surface area contributed by atoms with Gasteiger partial charge in [0.25, 0.3) is 5.91 Å². The molecule has 1 fully saturated rings. The van der Waals surface area contributed by atoms with Gasteiger partial charge in [-0.15, -0.1) is 0 Å². The van der Waals surface area contributed by atoms with Crippen molar-refractivity contribution in [2.75, 3.05) is 20.3 Å². The lowest BCUT2D eigenvalue weighted by atomic mass is 9.87. The molecule has 2 amide bonds. The lowest BCUT2D eigenvalue weighted by Gasteiger charge is -2.39. The van der Waals surface area contributed by atoms with E-state index in [9.17, 15) is 14.7 Å². The van der Waals surface area contributed by atoms with Gasteiger partial charge in [-0.05, 0) is 55.9 Å². The molecule has 4 N–H and O–H groups in total. The first-order valence-electron chi connectivity index (χ1n) is 14.1. The van der Waals surface area contributed by atoms with Crippen LogP contribution in [0.1, 0.15) is 68.4 Å². The number of rotatable bonds is 11. The lowest BCUT2D eigenvalue weighted by molar-refractivity contribution is -0.130. The normalized spacial score (nSPS) is 27.9. The molecule has 216 valence electrons. The van der Waals surface area contributed by atoms with E-state index in [1.54, 1.807) is 38.3 Å². The topological polar surface area (TPSA) is 126 Å². The molecular weight excluding hydrogens is 508 g/mol. The molecule has 9 nitrogen and oxygen atoms in total. The van der Waals surface area contributed by atoms with Crippen molar-refractivity contribution in [3.05, 3.63) is 72.0 Å². The van der Waals surface area contributed by atoms with Crippen LogP contribution >= 0.6 is 0 Å². The molecule has 3 aliphatic rings. The summed E-state index contributed by atoms with van der Waals surface area (Å²) in [4.78, 5) is 33.2. The molecule has 0 saturated heterocycles. The number of amides is 2. The second-order valence-corrected chi connectivity index (χ2v) is 11.1. The average Bonchev–Trinajstić information content (AvgIpc) is 3.20. The highest BCUT2D eigenvalue weighted by molar-refractivity contribution is 6.00. The lowest BCUT2D eigenvalue weighted by Crippen LogP contribution is -2.52. The highest BCUT2D eigenvalue weighted by atomic mass is 16.5. The number of allylic oxidation sites excluding steroid dienone is 3. The summed E-state index contributed by atoms with van der Waals surface area (Å²) in [6, 6.07) is 6.03. The predicted molar refractivity (Wildman–Crippen MR) is 154 cm³/mol. The maximum atomic E-state index is 13.5. The molecule has 5 unspecified atom stereocenters. The Labute approximate surface area is 236 Å². The van der Waals surface area contributed by atoms with Gasteiger partial charge in [0.15, 0.2) is 5.96 Å². The highest BCUT2D eigenvalue weighted by Crippen LogP contribution is 2.42. The van der Waals surface area contributed by atoms with Crippen LogP contribution in [0.25, 0.3) is 0 Å².